The van der Waals surface area contributed by atoms with E-state index in [-0.39, 0.29) is 12.5 Å². The number of benzene rings is 2. The first kappa shape index (κ1) is 17.7. The summed E-state index contributed by atoms with van der Waals surface area (Å²) < 4.78 is 10.6. The minimum Gasteiger partial charge on any atom is -0.450 e. The monoisotopic (exact) mass is 379 g/mol. The first-order valence-corrected chi connectivity index (χ1v) is 8.81. The number of amides is 3. The van der Waals surface area contributed by atoms with Crippen molar-refractivity contribution in [2.45, 2.75) is 18.9 Å². The highest BCUT2D eigenvalue weighted by Gasteiger charge is 2.42. The van der Waals surface area contributed by atoms with Gasteiger partial charge in [-0.05, 0) is 37.1 Å². The van der Waals surface area contributed by atoms with Crippen LogP contribution < -0.4 is 5.73 Å². The molecule has 4 rings (SSSR count). The van der Waals surface area contributed by atoms with Gasteiger partial charge in [0.15, 0.2) is 5.58 Å². The molecule has 1 aliphatic rings. The quantitative estimate of drug-likeness (QED) is 0.520. The number of nitrogens with two attached hydrogens (primary N) is 1. The topological polar surface area (TPSA) is 116 Å². The first-order chi connectivity index (χ1) is 13.6. The Morgan fingerprint density at radius 1 is 1.07 bits per heavy atom. The summed E-state index contributed by atoms with van der Waals surface area (Å²) in [5.74, 6) is -0.540. The molecule has 0 spiro atoms. The molecular formula is C20H17N3O5. The van der Waals surface area contributed by atoms with E-state index in [1.165, 1.54) is 4.90 Å². The molecule has 8 heteroatoms. The van der Waals surface area contributed by atoms with Crippen molar-refractivity contribution >= 4 is 29.0 Å². The van der Waals surface area contributed by atoms with Crippen LogP contribution in [-0.4, -0.2) is 34.4 Å². The number of para-hydroxylation sites is 2. The summed E-state index contributed by atoms with van der Waals surface area (Å²) >= 11 is 0. The Morgan fingerprint density at radius 2 is 1.71 bits per heavy atom. The third kappa shape index (κ3) is 3.09. The Morgan fingerprint density at radius 3 is 2.36 bits per heavy atom. The molecule has 0 aliphatic carbocycles. The highest BCUT2D eigenvalue weighted by Crippen LogP contribution is 2.35. The average Bonchev–Trinajstić information content (AvgIpc) is 3.22. The Kier molecular flexibility index (Phi) is 4.52. The van der Waals surface area contributed by atoms with Gasteiger partial charge in [-0.1, -0.05) is 24.3 Å². The molecular weight excluding hydrogens is 362 g/mol. The average molecular weight is 379 g/mol. The van der Waals surface area contributed by atoms with E-state index in [2.05, 4.69) is 4.98 Å². The first-order valence-electron chi connectivity index (χ1n) is 8.81. The Labute approximate surface area is 159 Å². The van der Waals surface area contributed by atoms with Gasteiger partial charge < -0.3 is 14.9 Å². The zero-order valence-corrected chi connectivity index (χ0v) is 14.8. The highest BCUT2D eigenvalue weighted by molar-refractivity contribution is 6.21. The number of oxazole rings is 1. The van der Waals surface area contributed by atoms with Crippen molar-refractivity contribution in [1.82, 2.24) is 9.88 Å². The van der Waals surface area contributed by atoms with E-state index in [0.717, 1.165) is 0 Å². The molecule has 1 unspecified atom stereocenters. The van der Waals surface area contributed by atoms with Crippen LogP contribution in [0.15, 0.2) is 52.9 Å². The van der Waals surface area contributed by atoms with Crippen LogP contribution in [0, 0.1) is 0 Å². The van der Waals surface area contributed by atoms with Crippen LogP contribution >= 0.6 is 0 Å². The van der Waals surface area contributed by atoms with E-state index >= 15 is 0 Å². The van der Waals surface area contributed by atoms with E-state index in [1.807, 2.05) is 12.1 Å². The Balaban J connectivity index is 1.68. The van der Waals surface area contributed by atoms with Crippen LogP contribution in [0.5, 0.6) is 0 Å². The predicted molar refractivity (Wildman–Crippen MR) is 98.5 cm³/mol. The maximum absolute atomic E-state index is 12.9. The smallest absolute Gasteiger partial charge is 0.404 e. The molecule has 2 N–H and O–H groups in total. The van der Waals surface area contributed by atoms with Crippen molar-refractivity contribution in [3.63, 3.8) is 0 Å². The molecule has 8 nitrogen and oxygen atoms in total. The fourth-order valence-corrected chi connectivity index (χ4v) is 3.34. The molecule has 1 aromatic heterocycles. The molecule has 0 saturated heterocycles. The zero-order valence-electron chi connectivity index (χ0n) is 14.8. The lowest BCUT2D eigenvalue weighted by molar-refractivity contribution is 0.0538. The fraction of sp³-hybridized carbons (Fsp3) is 0.200. The minimum absolute atomic E-state index is 0.0647. The number of aromatic nitrogens is 1. The number of imide groups is 1. The summed E-state index contributed by atoms with van der Waals surface area (Å²) in [6.45, 7) is 0.0647. The molecule has 0 bridgehead atoms. The second kappa shape index (κ2) is 7.15. The Hall–Kier alpha value is -3.68. The molecule has 3 aromatic rings. The second-order valence-electron chi connectivity index (χ2n) is 6.37. The maximum atomic E-state index is 12.9. The largest absolute Gasteiger partial charge is 0.450 e. The number of rotatable bonds is 6. The van der Waals surface area contributed by atoms with Gasteiger partial charge in [-0.2, -0.15) is 0 Å². The van der Waals surface area contributed by atoms with Gasteiger partial charge in [-0.15, -0.1) is 0 Å². The summed E-state index contributed by atoms with van der Waals surface area (Å²) in [6, 6.07) is 13.1. The van der Waals surface area contributed by atoms with Crippen LogP contribution in [0.1, 0.15) is 45.5 Å². The van der Waals surface area contributed by atoms with Crippen molar-refractivity contribution in [1.29, 1.82) is 0 Å². The normalized spacial score (nSPS) is 14.4. The van der Waals surface area contributed by atoms with Gasteiger partial charge in [-0.25, -0.2) is 9.78 Å². The van der Waals surface area contributed by atoms with E-state index in [4.69, 9.17) is 14.9 Å². The fourth-order valence-electron chi connectivity index (χ4n) is 3.34. The number of primary amides is 1. The van der Waals surface area contributed by atoms with Crippen LogP contribution in [0.2, 0.25) is 0 Å². The van der Waals surface area contributed by atoms with Gasteiger partial charge in [0.25, 0.3) is 11.8 Å². The van der Waals surface area contributed by atoms with Crippen LogP contribution in [-0.2, 0) is 4.74 Å². The van der Waals surface area contributed by atoms with E-state index in [1.54, 1.807) is 36.4 Å². The van der Waals surface area contributed by atoms with E-state index in [9.17, 15) is 14.4 Å². The molecule has 2 heterocycles. The van der Waals surface area contributed by atoms with Crippen LogP contribution in [0.3, 0.4) is 0 Å². The van der Waals surface area contributed by atoms with Gasteiger partial charge in [0, 0.05) is 0 Å². The summed E-state index contributed by atoms with van der Waals surface area (Å²) in [5.41, 5.74) is 6.88. The lowest BCUT2D eigenvalue weighted by Crippen LogP contribution is -2.34. The minimum atomic E-state index is -0.876. The summed E-state index contributed by atoms with van der Waals surface area (Å²) in [7, 11) is 0. The molecule has 28 heavy (non-hydrogen) atoms. The second-order valence-corrected chi connectivity index (χ2v) is 6.37. The van der Waals surface area contributed by atoms with Gasteiger partial charge in [-0.3, -0.25) is 14.5 Å². The zero-order chi connectivity index (χ0) is 19.7. The SMILES string of the molecule is NC(=O)OCCCC(c1nc2ccccc2o1)N1C(=O)c2ccccc2C1=O. The summed E-state index contributed by atoms with van der Waals surface area (Å²) in [6.07, 6.45) is -0.190. The predicted octanol–water partition coefficient (Wildman–Crippen LogP) is 3.04. The standard InChI is InChI=1S/C20H17N3O5/c21-20(26)27-11-5-9-15(17-22-14-8-3-4-10-16(14)28-17)23-18(24)12-6-1-2-7-13(12)19(23)25/h1-4,6-8,10,15H,5,9,11H2,(H2,21,26). The molecule has 0 saturated carbocycles. The number of ether oxygens (including phenoxy) is 1. The molecule has 3 amide bonds. The van der Waals surface area contributed by atoms with Crippen molar-refractivity contribution in [3.05, 3.63) is 65.5 Å². The third-order valence-electron chi connectivity index (χ3n) is 4.60. The number of carbonyl (C=O) groups excluding carboxylic acids is 3. The van der Waals surface area contributed by atoms with Gasteiger partial charge in [0.2, 0.25) is 5.89 Å². The summed E-state index contributed by atoms with van der Waals surface area (Å²) in [5, 5.41) is 0. The van der Waals surface area contributed by atoms with Crippen LogP contribution in [0.4, 0.5) is 4.79 Å². The number of fused-ring (bicyclic) bond motifs is 2. The van der Waals surface area contributed by atoms with Gasteiger partial charge in [0.05, 0.1) is 17.7 Å². The molecule has 0 radical (unpaired) electrons. The molecule has 142 valence electrons. The van der Waals surface area contributed by atoms with Crippen molar-refractivity contribution in [2.75, 3.05) is 6.61 Å². The van der Waals surface area contributed by atoms with Crippen molar-refractivity contribution in [3.8, 4) is 0 Å². The molecule has 0 fully saturated rings. The summed E-state index contributed by atoms with van der Waals surface area (Å²) in [4.78, 5) is 42.2. The van der Waals surface area contributed by atoms with Crippen LogP contribution in [0.25, 0.3) is 11.1 Å². The number of hydrogen-bond acceptors (Lipinski definition) is 6. The molecule has 2 aromatic carbocycles. The molecule has 1 atom stereocenters. The molecule has 1 aliphatic heterocycles. The van der Waals surface area contributed by atoms with Crippen molar-refractivity contribution in [2.24, 2.45) is 5.73 Å². The number of hydrogen-bond donors (Lipinski definition) is 1. The van der Waals surface area contributed by atoms with E-state index < -0.39 is 23.9 Å². The van der Waals surface area contributed by atoms with Gasteiger partial charge in [0.1, 0.15) is 11.6 Å². The maximum Gasteiger partial charge on any atom is 0.404 e. The van der Waals surface area contributed by atoms with Crippen molar-refractivity contribution < 1.29 is 23.5 Å². The van der Waals surface area contributed by atoms with E-state index in [0.29, 0.717) is 35.1 Å². The third-order valence-corrected chi connectivity index (χ3v) is 4.60. The lowest BCUT2D eigenvalue weighted by Gasteiger charge is -2.23. The Bertz CT molecular complexity index is 1010. The lowest BCUT2D eigenvalue weighted by atomic mass is 10.1. The van der Waals surface area contributed by atoms with Gasteiger partial charge >= 0.3 is 6.09 Å². The number of nitrogens with zero attached hydrogens (tertiary/aromatic N) is 2. The highest BCUT2D eigenvalue weighted by atomic mass is 16.5. The number of carbonyl (C=O) groups is 3.